The molecule has 0 aliphatic carbocycles. The van der Waals surface area contributed by atoms with Gasteiger partial charge in [0.2, 0.25) is 5.91 Å². The van der Waals surface area contributed by atoms with Crippen LogP contribution < -0.4 is 10.1 Å². The molecule has 134 valence electrons. The summed E-state index contributed by atoms with van der Waals surface area (Å²) in [6, 6.07) is 17.4. The highest BCUT2D eigenvalue weighted by Crippen LogP contribution is 2.16. The van der Waals surface area contributed by atoms with E-state index in [9.17, 15) is 4.79 Å². The van der Waals surface area contributed by atoms with E-state index in [0.29, 0.717) is 43.6 Å². The number of amides is 1. The molecular formula is C20H24ClNO3. The van der Waals surface area contributed by atoms with E-state index < -0.39 is 0 Å². The molecule has 5 heteroatoms. The van der Waals surface area contributed by atoms with Crippen molar-refractivity contribution in [2.75, 3.05) is 26.4 Å². The van der Waals surface area contributed by atoms with Gasteiger partial charge in [-0.3, -0.25) is 4.79 Å². The molecule has 0 saturated carbocycles. The number of rotatable bonds is 11. The monoisotopic (exact) mass is 361 g/mol. The van der Waals surface area contributed by atoms with Gasteiger partial charge >= 0.3 is 0 Å². The summed E-state index contributed by atoms with van der Waals surface area (Å²) in [5.74, 6) is 0.718. The highest BCUT2D eigenvalue weighted by atomic mass is 35.5. The Morgan fingerprint density at radius 1 is 1.00 bits per heavy atom. The predicted octanol–water partition coefficient (Wildman–Crippen LogP) is 3.87. The Labute approximate surface area is 154 Å². The van der Waals surface area contributed by atoms with Crippen LogP contribution in [0.3, 0.4) is 0 Å². The summed E-state index contributed by atoms with van der Waals surface area (Å²) in [4.78, 5) is 11.7. The van der Waals surface area contributed by atoms with Crippen LogP contribution in [-0.2, 0) is 16.0 Å². The summed E-state index contributed by atoms with van der Waals surface area (Å²) in [5.41, 5.74) is 1.26. The average molecular weight is 362 g/mol. The second-order valence-corrected chi connectivity index (χ2v) is 6.04. The number of halogens is 1. The number of hydrogen-bond donors (Lipinski definition) is 1. The van der Waals surface area contributed by atoms with Crippen LogP contribution in [-0.4, -0.2) is 32.3 Å². The van der Waals surface area contributed by atoms with Crippen LogP contribution in [0.25, 0.3) is 0 Å². The Kier molecular flexibility index (Phi) is 8.87. The van der Waals surface area contributed by atoms with E-state index in [2.05, 4.69) is 17.4 Å². The molecule has 0 aromatic heterocycles. The number of ether oxygens (including phenoxy) is 2. The Balaban J connectivity index is 1.44. The lowest BCUT2D eigenvalue weighted by atomic mass is 10.2. The van der Waals surface area contributed by atoms with Crippen LogP contribution >= 0.6 is 11.6 Å². The van der Waals surface area contributed by atoms with Crippen LogP contribution in [0.5, 0.6) is 5.75 Å². The highest BCUT2D eigenvalue weighted by Gasteiger charge is 2.01. The largest absolute Gasteiger partial charge is 0.492 e. The maximum Gasteiger partial charge on any atom is 0.220 e. The van der Waals surface area contributed by atoms with Gasteiger partial charge in [-0.2, -0.15) is 0 Å². The second-order valence-electron chi connectivity index (χ2n) is 5.61. The summed E-state index contributed by atoms with van der Waals surface area (Å²) in [6.45, 7) is 2.16. The van der Waals surface area contributed by atoms with Gasteiger partial charge in [0.1, 0.15) is 12.4 Å². The molecule has 0 fully saturated rings. The SMILES string of the molecule is O=C(CCCOCCc1ccccc1)NCCOc1cccc(Cl)c1. The zero-order valence-electron chi connectivity index (χ0n) is 14.2. The van der Waals surface area contributed by atoms with Crippen LogP contribution in [0.1, 0.15) is 18.4 Å². The number of nitrogens with one attached hydrogen (secondary N) is 1. The third-order valence-corrected chi connectivity index (χ3v) is 3.79. The quantitative estimate of drug-likeness (QED) is 0.618. The van der Waals surface area contributed by atoms with Crippen LogP contribution in [0.4, 0.5) is 0 Å². The van der Waals surface area contributed by atoms with Gasteiger partial charge in [0.15, 0.2) is 0 Å². The van der Waals surface area contributed by atoms with Gasteiger partial charge in [-0.05, 0) is 36.6 Å². The van der Waals surface area contributed by atoms with E-state index in [1.165, 1.54) is 5.56 Å². The number of carbonyl (C=O) groups excluding carboxylic acids is 1. The van der Waals surface area contributed by atoms with Crippen molar-refractivity contribution < 1.29 is 14.3 Å². The Bertz CT molecular complexity index is 634. The van der Waals surface area contributed by atoms with E-state index in [4.69, 9.17) is 21.1 Å². The Hall–Kier alpha value is -2.04. The minimum absolute atomic E-state index is 0.0151. The molecule has 0 radical (unpaired) electrons. The van der Waals surface area contributed by atoms with Crippen molar-refractivity contribution in [1.82, 2.24) is 5.32 Å². The Morgan fingerprint density at radius 3 is 2.64 bits per heavy atom. The van der Waals surface area contributed by atoms with Gasteiger partial charge in [-0.25, -0.2) is 0 Å². The fourth-order valence-electron chi connectivity index (χ4n) is 2.28. The topological polar surface area (TPSA) is 47.6 Å². The van der Waals surface area contributed by atoms with Gasteiger partial charge in [-0.1, -0.05) is 48.0 Å². The van der Waals surface area contributed by atoms with Crippen molar-refractivity contribution in [3.05, 3.63) is 65.2 Å². The van der Waals surface area contributed by atoms with Gasteiger partial charge in [0, 0.05) is 18.1 Å². The third-order valence-electron chi connectivity index (χ3n) is 3.56. The molecule has 25 heavy (non-hydrogen) atoms. The van der Waals surface area contributed by atoms with Crippen molar-refractivity contribution in [2.45, 2.75) is 19.3 Å². The van der Waals surface area contributed by atoms with Crippen molar-refractivity contribution in [2.24, 2.45) is 0 Å². The molecule has 2 aromatic rings. The van der Waals surface area contributed by atoms with E-state index in [1.807, 2.05) is 30.3 Å². The number of hydrogen-bond acceptors (Lipinski definition) is 3. The van der Waals surface area contributed by atoms with E-state index in [1.54, 1.807) is 12.1 Å². The zero-order chi connectivity index (χ0) is 17.7. The lowest BCUT2D eigenvalue weighted by Crippen LogP contribution is -2.28. The normalized spacial score (nSPS) is 10.4. The standard InChI is InChI=1S/C20H24ClNO3/c21-18-8-4-9-19(16-18)25-15-12-22-20(23)10-5-13-24-14-11-17-6-2-1-3-7-17/h1-4,6-9,16H,5,10-15H2,(H,22,23). The molecule has 0 aliphatic rings. The first-order valence-electron chi connectivity index (χ1n) is 8.51. The molecule has 0 atom stereocenters. The van der Waals surface area contributed by atoms with Gasteiger partial charge in [-0.15, -0.1) is 0 Å². The minimum Gasteiger partial charge on any atom is -0.492 e. The van der Waals surface area contributed by atoms with E-state index >= 15 is 0 Å². The Morgan fingerprint density at radius 2 is 1.84 bits per heavy atom. The molecule has 0 aliphatic heterocycles. The molecule has 0 saturated heterocycles. The fourth-order valence-corrected chi connectivity index (χ4v) is 2.46. The van der Waals surface area contributed by atoms with Crippen molar-refractivity contribution >= 4 is 17.5 Å². The maximum atomic E-state index is 11.7. The van der Waals surface area contributed by atoms with Crippen molar-refractivity contribution in [3.63, 3.8) is 0 Å². The first-order chi connectivity index (χ1) is 12.2. The summed E-state index contributed by atoms with van der Waals surface area (Å²) >= 11 is 5.87. The third kappa shape index (κ3) is 8.57. The molecule has 0 spiro atoms. The molecule has 4 nitrogen and oxygen atoms in total. The molecule has 2 aromatic carbocycles. The lowest BCUT2D eigenvalue weighted by Gasteiger charge is -2.08. The summed E-state index contributed by atoms with van der Waals surface area (Å²) in [6.07, 6.45) is 2.08. The molecule has 2 rings (SSSR count). The molecule has 0 unspecified atom stereocenters. The first-order valence-corrected chi connectivity index (χ1v) is 8.88. The summed E-state index contributed by atoms with van der Waals surface area (Å²) < 4.78 is 11.1. The van der Waals surface area contributed by atoms with Gasteiger partial charge in [0.05, 0.1) is 13.2 Å². The van der Waals surface area contributed by atoms with Crippen LogP contribution in [0, 0.1) is 0 Å². The maximum absolute atomic E-state index is 11.7. The predicted molar refractivity (Wildman–Crippen MR) is 100 cm³/mol. The second kappa shape index (κ2) is 11.5. The van der Waals surface area contributed by atoms with Crippen molar-refractivity contribution in [3.8, 4) is 5.75 Å². The first kappa shape index (κ1) is 19.3. The molecular weight excluding hydrogens is 338 g/mol. The van der Waals surface area contributed by atoms with Crippen LogP contribution in [0.15, 0.2) is 54.6 Å². The highest BCUT2D eigenvalue weighted by molar-refractivity contribution is 6.30. The average Bonchev–Trinajstić information content (AvgIpc) is 2.63. The van der Waals surface area contributed by atoms with Crippen LogP contribution in [0.2, 0.25) is 5.02 Å². The zero-order valence-corrected chi connectivity index (χ0v) is 15.0. The van der Waals surface area contributed by atoms with Gasteiger partial charge in [0.25, 0.3) is 0 Å². The number of benzene rings is 2. The summed E-state index contributed by atoms with van der Waals surface area (Å²) in [7, 11) is 0. The fraction of sp³-hybridized carbons (Fsp3) is 0.350. The molecule has 1 amide bonds. The van der Waals surface area contributed by atoms with E-state index in [0.717, 1.165) is 12.8 Å². The van der Waals surface area contributed by atoms with E-state index in [-0.39, 0.29) is 5.91 Å². The minimum atomic E-state index is 0.0151. The van der Waals surface area contributed by atoms with Crippen molar-refractivity contribution in [1.29, 1.82) is 0 Å². The number of carbonyl (C=O) groups is 1. The molecule has 0 bridgehead atoms. The molecule has 1 N–H and O–H groups in total. The smallest absolute Gasteiger partial charge is 0.220 e. The lowest BCUT2D eigenvalue weighted by molar-refractivity contribution is -0.121. The van der Waals surface area contributed by atoms with Gasteiger partial charge < -0.3 is 14.8 Å². The summed E-state index contributed by atoms with van der Waals surface area (Å²) in [5, 5.41) is 3.46. The molecule has 0 heterocycles.